The SMILES string of the molecule is NC(CCC(=O)O)c1cc(Cl)c2c(c1)OCC1(CC1)CO2. The molecule has 1 atom stereocenters. The zero-order valence-electron chi connectivity index (χ0n) is 11.6. The largest absolute Gasteiger partial charge is 0.489 e. The van der Waals surface area contributed by atoms with Gasteiger partial charge in [-0.1, -0.05) is 11.6 Å². The van der Waals surface area contributed by atoms with E-state index in [-0.39, 0.29) is 17.9 Å². The number of ether oxygens (including phenoxy) is 2. The minimum atomic E-state index is -0.860. The van der Waals surface area contributed by atoms with Crippen molar-refractivity contribution >= 4 is 17.6 Å². The molecule has 1 aromatic rings. The fraction of sp³-hybridized carbons (Fsp3) is 0.533. The molecule has 1 aliphatic heterocycles. The van der Waals surface area contributed by atoms with Crippen LogP contribution in [-0.2, 0) is 4.79 Å². The summed E-state index contributed by atoms with van der Waals surface area (Å²) in [6.07, 6.45) is 2.61. The van der Waals surface area contributed by atoms with Gasteiger partial charge in [-0.25, -0.2) is 0 Å². The van der Waals surface area contributed by atoms with E-state index in [4.69, 9.17) is 31.9 Å². The predicted molar refractivity (Wildman–Crippen MR) is 77.9 cm³/mol. The number of fused-ring (bicyclic) bond motifs is 1. The smallest absolute Gasteiger partial charge is 0.303 e. The van der Waals surface area contributed by atoms with Crippen molar-refractivity contribution in [3.63, 3.8) is 0 Å². The molecule has 5 nitrogen and oxygen atoms in total. The van der Waals surface area contributed by atoms with E-state index in [0.717, 1.165) is 18.4 Å². The van der Waals surface area contributed by atoms with Crippen LogP contribution in [0.25, 0.3) is 0 Å². The molecule has 0 bridgehead atoms. The summed E-state index contributed by atoms with van der Waals surface area (Å²) in [6.45, 7) is 1.26. The Kier molecular flexibility index (Phi) is 3.71. The zero-order chi connectivity index (χ0) is 15.0. The molecule has 1 saturated carbocycles. The Balaban J connectivity index is 1.80. The summed E-state index contributed by atoms with van der Waals surface area (Å²) >= 11 is 6.26. The van der Waals surface area contributed by atoms with Crippen LogP contribution in [0.5, 0.6) is 11.5 Å². The third-order valence-corrected chi connectivity index (χ3v) is 4.42. The number of carboxylic acids is 1. The number of rotatable bonds is 4. The fourth-order valence-electron chi connectivity index (χ4n) is 2.46. The molecule has 0 radical (unpaired) electrons. The minimum absolute atomic E-state index is 0.0241. The fourth-order valence-corrected chi connectivity index (χ4v) is 2.73. The first kappa shape index (κ1) is 14.5. The van der Waals surface area contributed by atoms with Gasteiger partial charge in [0.05, 0.1) is 18.2 Å². The van der Waals surface area contributed by atoms with E-state index < -0.39 is 5.97 Å². The Hall–Kier alpha value is -1.46. The minimum Gasteiger partial charge on any atom is -0.489 e. The monoisotopic (exact) mass is 311 g/mol. The summed E-state index contributed by atoms with van der Waals surface area (Å²) < 4.78 is 11.6. The van der Waals surface area contributed by atoms with E-state index in [2.05, 4.69) is 0 Å². The van der Waals surface area contributed by atoms with Crippen molar-refractivity contribution < 1.29 is 19.4 Å². The van der Waals surface area contributed by atoms with Crippen molar-refractivity contribution in [2.45, 2.75) is 31.7 Å². The quantitative estimate of drug-likeness (QED) is 0.893. The van der Waals surface area contributed by atoms with Crippen LogP contribution in [0.1, 0.15) is 37.3 Å². The van der Waals surface area contributed by atoms with Crippen LogP contribution < -0.4 is 15.2 Å². The highest BCUT2D eigenvalue weighted by atomic mass is 35.5. The Bertz CT molecular complexity index is 571. The molecule has 1 aliphatic carbocycles. The summed E-state index contributed by atoms with van der Waals surface area (Å²) in [5.41, 5.74) is 6.95. The summed E-state index contributed by atoms with van der Waals surface area (Å²) in [4.78, 5) is 10.6. The van der Waals surface area contributed by atoms with Crippen LogP contribution in [0, 0.1) is 5.41 Å². The number of carbonyl (C=O) groups is 1. The zero-order valence-corrected chi connectivity index (χ0v) is 12.4. The van der Waals surface area contributed by atoms with Gasteiger partial charge < -0.3 is 20.3 Å². The van der Waals surface area contributed by atoms with Crippen LogP contribution in [0.2, 0.25) is 5.02 Å². The number of hydrogen-bond donors (Lipinski definition) is 2. The van der Waals surface area contributed by atoms with Crippen LogP contribution >= 0.6 is 11.6 Å². The molecule has 0 aromatic heterocycles. The van der Waals surface area contributed by atoms with Crippen LogP contribution in [-0.4, -0.2) is 24.3 Å². The second kappa shape index (κ2) is 5.39. The van der Waals surface area contributed by atoms with Crippen molar-refractivity contribution in [1.82, 2.24) is 0 Å². The maximum atomic E-state index is 10.6. The number of hydrogen-bond acceptors (Lipinski definition) is 4. The first-order valence-corrected chi connectivity index (χ1v) is 7.43. The van der Waals surface area contributed by atoms with Gasteiger partial charge in [0.25, 0.3) is 0 Å². The molecule has 3 rings (SSSR count). The molecule has 3 N–H and O–H groups in total. The van der Waals surface area contributed by atoms with E-state index >= 15 is 0 Å². The van der Waals surface area contributed by atoms with Crippen LogP contribution in [0.15, 0.2) is 12.1 Å². The molecule has 1 heterocycles. The summed E-state index contributed by atoms with van der Waals surface area (Å²) in [5, 5.41) is 9.20. The van der Waals surface area contributed by atoms with Crippen molar-refractivity contribution in [1.29, 1.82) is 0 Å². The van der Waals surface area contributed by atoms with Gasteiger partial charge in [-0.15, -0.1) is 0 Å². The average molecular weight is 312 g/mol. The number of halogens is 1. The number of carboxylic acid groups (broad SMARTS) is 1. The average Bonchev–Trinajstić information content (AvgIpc) is 3.23. The first-order chi connectivity index (χ1) is 9.99. The molecule has 6 heteroatoms. The molecule has 2 aliphatic rings. The second-order valence-corrected chi connectivity index (χ2v) is 6.35. The van der Waals surface area contributed by atoms with Gasteiger partial charge >= 0.3 is 5.97 Å². The molecular weight excluding hydrogens is 294 g/mol. The second-order valence-electron chi connectivity index (χ2n) is 5.95. The van der Waals surface area contributed by atoms with Gasteiger partial charge in [0.15, 0.2) is 11.5 Å². The van der Waals surface area contributed by atoms with Gasteiger partial charge in [-0.05, 0) is 37.0 Å². The lowest BCUT2D eigenvalue weighted by Crippen LogP contribution is -2.17. The van der Waals surface area contributed by atoms with E-state index in [1.54, 1.807) is 6.07 Å². The normalized spacial score (nSPS) is 19.9. The molecule has 21 heavy (non-hydrogen) atoms. The molecule has 1 spiro atoms. The number of benzene rings is 1. The van der Waals surface area contributed by atoms with Gasteiger partial charge in [-0.3, -0.25) is 4.79 Å². The Morgan fingerprint density at radius 3 is 2.76 bits per heavy atom. The van der Waals surface area contributed by atoms with Crippen LogP contribution in [0.3, 0.4) is 0 Å². The van der Waals surface area contributed by atoms with Gasteiger partial charge in [-0.2, -0.15) is 0 Å². The molecule has 0 saturated heterocycles. The highest BCUT2D eigenvalue weighted by Crippen LogP contribution is 2.50. The van der Waals surface area contributed by atoms with E-state index in [1.165, 1.54) is 0 Å². The Morgan fingerprint density at radius 1 is 1.38 bits per heavy atom. The Morgan fingerprint density at radius 2 is 2.10 bits per heavy atom. The van der Waals surface area contributed by atoms with Crippen molar-refractivity contribution in [3.05, 3.63) is 22.7 Å². The Labute approximate surface area is 128 Å². The molecule has 1 unspecified atom stereocenters. The lowest BCUT2D eigenvalue weighted by molar-refractivity contribution is -0.137. The topological polar surface area (TPSA) is 81.8 Å². The summed E-state index contributed by atoms with van der Waals surface area (Å²) in [6, 6.07) is 3.17. The van der Waals surface area contributed by atoms with Crippen molar-refractivity contribution in [2.24, 2.45) is 11.1 Å². The summed E-state index contributed by atoms with van der Waals surface area (Å²) in [5.74, 6) is 0.309. The highest BCUT2D eigenvalue weighted by Gasteiger charge is 2.46. The van der Waals surface area contributed by atoms with E-state index in [0.29, 0.717) is 36.2 Å². The third-order valence-electron chi connectivity index (χ3n) is 4.14. The van der Waals surface area contributed by atoms with E-state index in [1.807, 2.05) is 6.07 Å². The van der Waals surface area contributed by atoms with Gasteiger partial charge in [0.2, 0.25) is 0 Å². The molecule has 114 valence electrons. The first-order valence-electron chi connectivity index (χ1n) is 7.06. The van der Waals surface area contributed by atoms with Crippen molar-refractivity contribution in [3.8, 4) is 11.5 Å². The summed E-state index contributed by atoms with van der Waals surface area (Å²) in [7, 11) is 0. The molecule has 1 fully saturated rings. The third kappa shape index (κ3) is 3.09. The molecule has 0 amide bonds. The number of nitrogens with two attached hydrogens (primary N) is 1. The van der Waals surface area contributed by atoms with Crippen molar-refractivity contribution in [2.75, 3.05) is 13.2 Å². The predicted octanol–water partition coefficient (Wildman–Crippen LogP) is 2.76. The lowest BCUT2D eigenvalue weighted by atomic mass is 10.0. The van der Waals surface area contributed by atoms with Crippen LogP contribution in [0.4, 0.5) is 0 Å². The highest BCUT2D eigenvalue weighted by molar-refractivity contribution is 6.32. The maximum Gasteiger partial charge on any atom is 0.303 e. The van der Waals surface area contributed by atoms with Gasteiger partial charge in [0, 0.05) is 17.9 Å². The van der Waals surface area contributed by atoms with E-state index in [9.17, 15) is 4.79 Å². The molecule has 1 aromatic carbocycles. The van der Waals surface area contributed by atoms with Gasteiger partial charge in [0.1, 0.15) is 0 Å². The number of aliphatic carboxylic acids is 1. The standard InChI is InChI=1S/C15H18ClNO4/c16-10-5-9(11(17)1-2-13(18)19)6-12-14(10)21-8-15(3-4-15)7-20-12/h5-6,11H,1-4,7-8,17H2,(H,18,19). The lowest BCUT2D eigenvalue weighted by Gasteiger charge is -2.15. The maximum absolute atomic E-state index is 10.6. The molecular formula is C15H18ClNO4.